The summed E-state index contributed by atoms with van der Waals surface area (Å²) in [5.41, 5.74) is -0.355. The average molecular weight is 330 g/mol. The number of hydrogen-bond acceptors (Lipinski definition) is 5. The Labute approximate surface area is 140 Å². The van der Waals surface area contributed by atoms with E-state index in [0.717, 1.165) is 25.1 Å². The molecule has 128 valence electrons. The number of piperidine rings is 1. The second-order valence-electron chi connectivity index (χ2n) is 7.12. The van der Waals surface area contributed by atoms with E-state index in [9.17, 15) is 9.90 Å². The van der Waals surface area contributed by atoms with Crippen molar-refractivity contribution in [1.29, 1.82) is 0 Å². The van der Waals surface area contributed by atoms with Crippen molar-refractivity contribution in [2.45, 2.75) is 43.6 Å². The van der Waals surface area contributed by atoms with E-state index in [1.165, 1.54) is 0 Å². The van der Waals surface area contributed by atoms with E-state index in [4.69, 9.17) is 4.52 Å². The molecule has 1 saturated heterocycles. The molecule has 2 aromatic rings. The van der Waals surface area contributed by atoms with Gasteiger partial charge in [0.25, 0.3) is 5.91 Å². The molecule has 4 rings (SSSR count). The maximum Gasteiger partial charge on any atom is 0.255 e. The Bertz CT molecular complexity index is 749. The van der Waals surface area contributed by atoms with Gasteiger partial charge in [0.2, 0.25) is 5.89 Å². The third kappa shape index (κ3) is 3.08. The molecule has 1 aliphatic carbocycles. The van der Waals surface area contributed by atoms with Crippen molar-refractivity contribution in [3.05, 3.63) is 35.7 Å². The fraction of sp³-hybridized carbons (Fsp3) is 0.588. The van der Waals surface area contributed by atoms with Gasteiger partial charge in [0, 0.05) is 31.9 Å². The van der Waals surface area contributed by atoms with Crippen LogP contribution in [0.25, 0.3) is 0 Å². The quantitative estimate of drug-likeness (QED) is 0.918. The number of rotatable bonds is 4. The van der Waals surface area contributed by atoms with Crippen LogP contribution in [0.3, 0.4) is 0 Å². The number of aryl methyl sites for hydroxylation is 1. The van der Waals surface area contributed by atoms with E-state index in [-0.39, 0.29) is 5.91 Å². The summed E-state index contributed by atoms with van der Waals surface area (Å²) in [6.45, 7) is 0.953. The van der Waals surface area contributed by atoms with Gasteiger partial charge in [0.15, 0.2) is 5.82 Å². The highest BCUT2D eigenvalue weighted by molar-refractivity contribution is 5.94. The zero-order valence-electron chi connectivity index (χ0n) is 13.8. The molecule has 0 aromatic carbocycles. The molecule has 1 aliphatic heterocycles. The summed E-state index contributed by atoms with van der Waals surface area (Å²) >= 11 is 0. The first-order chi connectivity index (χ1) is 11.5. The van der Waals surface area contributed by atoms with E-state index >= 15 is 0 Å². The molecule has 2 fully saturated rings. The molecular formula is C17H22N4O3. The van der Waals surface area contributed by atoms with Crippen LogP contribution in [0.15, 0.2) is 23.0 Å². The van der Waals surface area contributed by atoms with Crippen molar-refractivity contribution in [3.8, 4) is 0 Å². The number of amides is 1. The molecule has 1 N–H and O–H groups in total. The second kappa shape index (κ2) is 5.73. The Morgan fingerprint density at radius 1 is 1.50 bits per heavy atom. The van der Waals surface area contributed by atoms with E-state index in [1.54, 1.807) is 17.2 Å². The van der Waals surface area contributed by atoms with Gasteiger partial charge in [-0.25, -0.2) is 0 Å². The topological polar surface area (TPSA) is 84.4 Å². The Morgan fingerprint density at radius 3 is 3.04 bits per heavy atom. The number of likely N-dealkylation sites (tertiary alicyclic amines) is 1. The zero-order chi connectivity index (χ0) is 16.7. The number of aromatic nitrogens is 3. The van der Waals surface area contributed by atoms with Crippen LogP contribution >= 0.6 is 0 Å². The van der Waals surface area contributed by atoms with E-state index in [0.29, 0.717) is 43.3 Å². The summed E-state index contributed by atoms with van der Waals surface area (Å²) in [7, 11) is 1.89. The van der Waals surface area contributed by atoms with Crippen LogP contribution < -0.4 is 0 Å². The minimum absolute atomic E-state index is 0.0436. The smallest absolute Gasteiger partial charge is 0.255 e. The predicted molar refractivity (Wildman–Crippen MR) is 85.5 cm³/mol. The molecule has 0 bridgehead atoms. The Morgan fingerprint density at radius 2 is 2.33 bits per heavy atom. The highest BCUT2D eigenvalue weighted by Crippen LogP contribution is 2.38. The molecular weight excluding hydrogens is 308 g/mol. The Kier molecular flexibility index (Phi) is 3.68. The van der Waals surface area contributed by atoms with Gasteiger partial charge in [-0.2, -0.15) is 4.98 Å². The molecule has 1 amide bonds. The molecule has 1 saturated carbocycles. The van der Waals surface area contributed by atoms with Gasteiger partial charge in [0.1, 0.15) is 0 Å². The molecule has 1 atom stereocenters. The van der Waals surface area contributed by atoms with Gasteiger partial charge in [-0.15, -0.1) is 0 Å². The number of β-amino-alcohol motifs (C(OH)–C–C–N with tert-alkyl or cyclic N) is 1. The normalized spacial score (nSPS) is 24.3. The predicted octanol–water partition coefficient (Wildman–Crippen LogP) is 1.50. The van der Waals surface area contributed by atoms with E-state index in [2.05, 4.69) is 10.1 Å². The lowest BCUT2D eigenvalue weighted by Crippen LogP contribution is -2.51. The summed E-state index contributed by atoms with van der Waals surface area (Å²) < 4.78 is 7.14. The highest BCUT2D eigenvalue weighted by atomic mass is 16.5. The number of carbonyl (C=O) groups is 1. The molecule has 7 nitrogen and oxygen atoms in total. The summed E-state index contributed by atoms with van der Waals surface area (Å²) in [5.74, 6) is 1.60. The molecule has 2 aliphatic rings. The van der Waals surface area contributed by atoms with Gasteiger partial charge in [-0.3, -0.25) is 4.79 Å². The number of hydrogen-bond donors (Lipinski definition) is 1. The minimum atomic E-state index is -1.00. The molecule has 3 heterocycles. The average Bonchev–Trinajstić information content (AvgIpc) is 3.16. The Balaban J connectivity index is 1.45. The lowest BCUT2D eigenvalue weighted by molar-refractivity contribution is -0.0286. The fourth-order valence-corrected chi connectivity index (χ4v) is 3.37. The van der Waals surface area contributed by atoms with E-state index in [1.807, 2.05) is 17.8 Å². The van der Waals surface area contributed by atoms with Crippen molar-refractivity contribution < 1.29 is 14.4 Å². The summed E-state index contributed by atoms with van der Waals surface area (Å²) in [5, 5.41) is 14.9. The van der Waals surface area contributed by atoms with Crippen LogP contribution in [0, 0.1) is 0 Å². The number of aliphatic hydroxyl groups is 1. The van der Waals surface area contributed by atoms with Gasteiger partial charge in [-0.05, 0) is 31.7 Å². The van der Waals surface area contributed by atoms with Crippen molar-refractivity contribution in [3.63, 3.8) is 0 Å². The largest absolute Gasteiger partial charge is 0.388 e. The fourth-order valence-electron chi connectivity index (χ4n) is 3.37. The first-order valence-electron chi connectivity index (χ1n) is 8.48. The number of nitrogens with zero attached hydrogens (tertiary/aromatic N) is 4. The number of carbonyl (C=O) groups excluding carboxylic acids is 1. The first kappa shape index (κ1) is 15.4. The third-order valence-electron chi connectivity index (χ3n) is 4.83. The highest BCUT2D eigenvalue weighted by Gasteiger charge is 2.38. The lowest BCUT2D eigenvalue weighted by Gasteiger charge is -2.38. The molecule has 2 aromatic heterocycles. The zero-order valence-corrected chi connectivity index (χ0v) is 13.8. The standard InChI is InChI=1S/C17H22N4O3/c1-20-8-5-13(10-20)16(22)21-7-2-6-17(23,11-21)9-14-18-15(19-24-14)12-3-4-12/h5,8,10,12,23H,2-4,6-7,9,11H2,1H3. The summed E-state index contributed by atoms with van der Waals surface area (Å²) in [6.07, 6.45) is 7.57. The van der Waals surface area contributed by atoms with Crippen LogP contribution in [0.1, 0.15) is 53.7 Å². The van der Waals surface area contributed by atoms with Crippen LogP contribution in [0.5, 0.6) is 0 Å². The molecule has 24 heavy (non-hydrogen) atoms. The monoisotopic (exact) mass is 330 g/mol. The van der Waals surface area contributed by atoms with Crippen molar-refractivity contribution in [2.24, 2.45) is 7.05 Å². The maximum atomic E-state index is 12.6. The van der Waals surface area contributed by atoms with Crippen LogP contribution in [-0.2, 0) is 13.5 Å². The van der Waals surface area contributed by atoms with Crippen LogP contribution in [0.2, 0.25) is 0 Å². The van der Waals surface area contributed by atoms with Crippen molar-refractivity contribution in [2.75, 3.05) is 13.1 Å². The minimum Gasteiger partial charge on any atom is -0.388 e. The van der Waals surface area contributed by atoms with Gasteiger partial charge in [-0.1, -0.05) is 5.16 Å². The molecule has 7 heteroatoms. The van der Waals surface area contributed by atoms with E-state index < -0.39 is 5.60 Å². The summed E-state index contributed by atoms with van der Waals surface area (Å²) in [6, 6.07) is 1.80. The second-order valence-corrected chi connectivity index (χ2v) is 7.12. The van der Waals surface area contributed by atoms with Gasteiger partial charge >= 0.3 is 0 Å². The molecule has 0 radical (unpaired) electrons. The summed E-state index contributed by atoms with van der Waals surface area (Å²) in [4.78, 5) is 18.7. The van der Waals surface area contributed by atoms with Gasteiger partial charge in [0.05, 0.1) is 24.1 Å². The molecule has 0 spiro atoms. The maximum absolute atomic E-state index is 12.6. The van der Waals surface area contributed by atoms with Crippen molar-refractivity contribution in [1.82, 2.24) is 19.6 Å². The lowest BCUT2D eigenvalue weighted by atomic mass is 9.89. The van der Waals surface area contributed by atoms with Crippen LogP contribution in [-0.4, -0.2) is 49.3 Å². The Hall–Kier alpha value is -2.15. The van der Waals surface area contributed by atoms with Gasteiger partial charge < -0.3 is 19.1 Å². The van der Waals surface area contributed by atoms with Crippen molar-refractivity contribution >= 4 is 5.91 Å². The van der Waals surface area contributed by atoms with Crippen LogP contribution in [0.4, 0.5) is 0 Å². The third-order valence-corrected chi connectivity index (χ3v) is 4.83. The molecule has 1 unspecified atom stereocenters. The first-order valence-corrected chi connectivity index (χ1v) is 8.48. The SMILES string of the molecule is Cn1ccc(C(=O)N2CCCC(O)(Cc3nc(C4CC4)no3)C2)c1.